The molecule has 1 fully saturated rings. The third kappa shape index (κ3) is 6.78. The number of primary amides is 1. The van der Waals surface area contributed by atoms with Crippen molar-refractivity contribution in [2.24, 2.45) is 11.7 Å². The van der Waals surface area contributed by atoms with Crippen molar-refractivity contribution in [3.05, 3.63) is 45.1 Å². The molecule has 2 heterocycles. The highest BCUT2D eigenvalue weighted by Crippen LogP contribution is 2.25. The van der Waals surface area contributed by atoms with E-state index in [2.05, 4.69) is 10.6 Å². The zero-order valence-electron chi connectivity index (χ0n) is 18.9. The summed E-state index contributed by atoms with van der Waals surface area (Å²) in [6, 6.07) is 7.89. The molecule has 3 rings (SSSR count). The number of benzene rings is 1. The topological polar surface area (TPSA) is 131 Å². The first-order valence-corrected chi connectivity index (χ1v) is 12.0. The van der Waals surface area contributed by atoms with E-state index < -0.39 is 17.9 Å². The first-order valence-electron chi connectivity index (χ1n) is 10.8. The fraction of sp³-hybridized carbons (Fsp3) is 0.391. The summed E-state index contributed by atoms with van der Waals surface area (Å²) in [6.07, 6.45) is 0.163. The molecule has 1 unspecified atom stereocenters. The zero-order chi connectivity index (χ0) is 24.8. The number of nitrogens with zero attached hydrogens (tertiary/aromatic N) is 1. The van der Waals surface area contributed by atoms with E-state index in [1.807, 2.05) is 6.92 Å². The van der Waals surface area contributed by atoms with Crippen LogP contribution in [0.2, 0.25) is 4.34 Å². The third-order valence-corrected chi connectivity index (χ3v) is 6.67. The summed E-state index contributed by atoms with van der Waals surface area (Å²) in [5, 5.41) is 5.63. The van der Waals surface area contributed by atoms with Crippen molar-refractivity contribution in [1.29, 1.82) is 0 Å². The van der Waals surface area contributed by atoms with Crippen molar-refractivity contribution < 1.29 is 23.9 Å². The Morgan fingerprint density at radius 3 is 2.65 bits per heavy atom. The zero-order valence-corrected chi connectivity index (χ0v) is 20.5. The van der Waals surface area contributed by atoms with Crippen LogP contribution in [0.4, 0.5) is 11.4 Å². The minimum Gasteiger partial charge on any atom is -0.370 e. The summed E-state index contributed by atoms with van der Waals surface area (Å²) < 4.78 is 5.65. The first kappa shape index (κ1) is 25.7. The molecular weight excluding hydrogens is 480 g/mol. The number of carbonyl (C=O) groups excluding carboxylic acids is 4. The highest BCUT2D eigenvalue weighted by atomic mass is 35.5. The molecule has 9 nitrogen and oxygen atoms in total. The van der Waals surface area contributed by atoms with Gasteiger partial charge in [0.15, 0.2) is 0 Å². The molecule has 4 amide bonds. The van der Waals surface area contributed by atoms with Gasteiger partial charge in [-0.15, -0.1) is 11.3 Å². The average molecular weight is 507 g/mol. The van der Waals surface area contributed by atoms with E-state index in [4.69, 9.17) is 22.1 Å². The average Bonchev–Trinajstić information content (AvgIpc) is 3.21. The molecule has 0 saturated carbocycles. The van der Waals surface area contributed by atoms with Gasteiger partial charge in [-0.3, -0.25) is 19.2 Å². The first-order chi connectivity index (χ1) is 16.1. The van der Waals surface area contributed by atoms with Crippen molar-refractivity contribution in [1.82, 2.24) is 5.32 Å². The summed E-state index contributed by atoms with van der Waals surface area (Å²) >= 11 is 7.03. The second-order valence-corrected chi connectivity index (χ2v) is 9.88. The Morgan fingerprint density at radius 1 is 1.26 bits per heavy atom. The van der Waals surface area contributed by atoms with E-state index in [9.17, 15) is 19.2 Å². The number of hydrogen-bond donors (Lipinski definition) is 3. The second kappa shape index (κ2) is 11.5. The minimum absolute atomic E-state index is 0.0481. The van der Waals surface area contributed by atoms with Gasteiger partial charge in [0, 0.05) is 36.3 Å². The lowest BCUT2D eigenvalue weighted by Gasteiger charge is -2.28. The van der Waals surface area contributed by atoms with Crippen LogP contribution in [0, 0.1) is 12.8 Å². The van der Waals surface area contributed by atoms with E-state index >= 15 is 0 Å². The van der Waals surface area contributed by atoms with Gasteiger partial charge in [-0.05, 0) is 49.2 Å². The summed E-state index contributed by atoms with van der Waals surface area (Å²) in [6.45, 7) is 4.50. The predicted octanol–water partition coefficient (Wildman–Crippen LogP) is 2.71. The summed E-state index contributed by atoms with van der Waals surface area (Å²) in [5.41, 5.74) is 7.54. The molecule has 11 heteroatoms. The number of carbonyl (C=O) groups is 4. The van der Waals surface area contributed by atoms with Gasteiger partial charge >= 0.3 is 0 Å². The van der Waals surface area contributed by atoms with Crippen molar-refractivity contribution in [2.45, 2.75) is 32.7 Å². The Morgan fingerprint density at radius 2 is 2.03 bits per heavy atom. The number of anilines is 2. The number of rotatable bonds is 9. The molecule has 4 N–H and O–H groups in total. The van der Waals surface area contributed by atoms with Crippen LogP contribution in [0.5, 0.6) is 0 Å². The molecule has 0 radical (unpaired) electrons. The van der Waals surface area contributed by atoms with Crippen molar-refractivity contribution in [2.75, 3.05) is 30.0 Å². The van der Waals surface area contributed by atoms with Crippen LogP contribution in [0.1, 0.15) is 35.0 Å². The second-order valence-electron chi connectivity index (χ2n) is 8.16. The lowest BCUT2D eigenvalue weighted by molar-refractivity contribution is -0.125. The lowest BCUT2D eigenvalue weighted by atomic mass is 9.98. The molecule has 0 spiro atoms. The highest BCUT2D eigenvalue weighted by Gasteiger charge is 2.24. The summed E-state index contributed by atoms with van der Waals surface area (Å²) in [7, 11) is 0. The molecule has 0 aliphatic carbocycles. The Bertz CT molecular complexity index is 1090. The SMILES string of the molecule is Cc1cc(NC(=O)C[C@H](CC(C)C(N)=O)NC(=O)c2ccc(Cl)s2)ccc1N1CCOCC1=O. The van der Waals surface area contributed by atoms with E-state index in [-0.39, 0.29) is 37.2 Å². The number of amides is 4. The Balaban J connectivity index is 1.67. The van der Waals surface area contributed by atoms with Gasteiger partial charge in [-0.1, -0.05) is 18.5 Å². The van der Waals surface area contributed by atoms with Crippen LogP contribution >= 0.6 is 22.9 Å². The molecule has 1 aromatic heterocycles. The van der Waals surface area contributed by atoms with Gasteiger partial charge in [0.25, 0.3) is 11.8 Å². The molecule has 2 atom stereocenters. The number of aryl methyl sites for hydroxylation is 1. The monoisotopic (exact) mass is 506 g/mol. The molecule has 1 aromatic carbocycles. The molecular formula is C23H27ClN4O5S. The predicted molar refractivity (Wildman–Crippen MR) is 131 cm³/mol. The molecule has 0 bridgehead atoms. The number of nitrogens with two attached hydrogens (primary N) is 1. The molecule has 182 valence electrons. The number of ether oxygens (including phenoxy) is 1. The van der Waals surface area contributed by atoms with Crippen LogP contribution in [-0.4, -0.2) is 49.4 Å². The minimum atomic E-state index is -0.609. The van der Waals surface area contributed by atoms with Crippen LogP contribution in [0.15, 0.2) is 30.3 Å². The van der Waals surface area contributed by atoms with Gasteiger partial charge in [0.1, 0.15) is 6.61 Å². The number of thiophene rings is 1. The highest BCUT2D eigenvalue weighted by molar-refractivity contribution is 7.18. The standard InChI is InChI=1S/C23H27ClN4O5S/c1-13-9-15(3-4-17(13)28-7-8-33-12-21(28)30)26-20(29)11-16(10-14(2)22(25)31)27-23(32)18-5-6-19(24)34-18/h3-6,9,14,16H,7-8,10-12H2,1-2H3,(H2,25,31)(H,26,29)(H,27,32)/t14?,16-/m0/s1. The molecule has 2 aromatic rings. The number of nitrogens with one attached hydrogen (secondary N) is 2. The van der Waals surface area contributed by atoms with Gasteiger partial charge in [0.2, 0.25) is 11.8 Å². The van der Waals surface area contributed by atoms with Gasteiger partial charge in [-0.2, -0.15) is 0 Å². The fourth-order valence-electron chi connectivity index (χ4n) is 3.67. The molecule has 1 saturated heterocycles. The molecule has 1 aliphatic rings. The third-order valence-electron chi connectivity index (χ3n) is 5.44. The smallest absolute Gasteiger partial charge is 0.261 e. The van der Waals surface area contributed by atoms with Crippen LogP contribution in [0.25, 0.3) is 0 Å². The van der Waals surface area contributed by atoms with Crippen LogP contribution in [-0.2, 0) is 19.1 Å². The van der Waals surface area contributed by atoms with Gasteiger partial charge in [-0.25, -0.2) is 0 Å². The fourth-order valence-corrected chi connectivity index (χ4v) is 4.62. The Kier molecular flexibility index (Phi) is 8.65. The number of morpholine rings is 1. The maximum Gasteiger partial charge on any atom is 0.261 e. The van der Waals surface area contributed by atoms with Crippen molar-refractivity contribution in [3.63, 3.8) is 0 Å². The number of hydrogen-bond acceptors (Lipinski definition) is 6. The van der Waals surface area contributed by atoms with Crippen LogP contribution in [0.3, 0.4) is 0 Å². The van der Waals surface area contributed by atoms with Crippen LogP contribution < -0.4 is 21.3 Å². The normalized spacial score (nSPS) is 15.5. The maximum absolute atomic E-state index is 12.8. The van der Waals surface area contributed by atoms with E-state index in [1.165, 1.54) is 0 Å². The summed E-state index contributed by atoms with van der Waals surface area (Å²) in [5.74, 6) is -1.86. The Labute approximate surface area is 206 Å². The molecule has 34 heavy (non-hydrogen) atoms. The lowest BCUT2D eigenvalue weighted by Crippen LogP contribution is -2.42. The van der Waals surface area contributed by atoms with Gasteiger partial charge in [0.05, 0.1) is 15.8 Å². The quantitative estimate of drug-likeness (QED) is 0.481. The maximum atomic E-state index is 12.8. The largest absolute Gasteiger partial charge is 0.370 e. The number of halogens is 1. The van der Waals surface area contributed by atoms with Crippen molar-refractivity contribution in [3.8, 4) is 0 Å². The van der Waals surface area contributed by atoms with Crippen molar-refractivity contribution >= 4 is 57.9 Å². The summed E-state index contributed by atoms with van der Waals surface area (Å²) in [4.78, 5) is 51.1. The van der Waals surface area contributed by atoms with E-state index in [1.54, 1.807) is 42.2 Å². The Hall–Kier alpha value is -2.95. The molecule has 1 aliphatic heterocycles. The van der Waals surface area contributed by atoms with E-state index in [0.717, 1.165) is 22.6 Å². The van der Waals surface area contributed by atoms with E-state index in [0.29, 0.717) is 28.1 Å². The van der Waals surface area contributed by atoms with Gasteiger partial charge < -0.3 is 26.0 Å².